The Morgan fingerprint density at radius 2 is 1.50 bits per heavy atom. The van der Waals surface area contributed by atoms with Crippen LogP contribution in [0.15, 0.2) is 48.8 Å². The number of rotatable bonds is 8. The number of hydrogen-bond donors (Lipinski definition) is 2. The quantitative estimate of drug-likeness (QED) is 0.618. The van der Waals surface area contributed by atoms with Gasteiger partial charge in [-0.25, -0.2) is 15.0 Å². The minimum absolute atomic E-state index is 0.470. The Labute approximate surface area is 163 Å². The lowest BCUT2D eigenvalue weighted by Gasteiger charge is -2.11. The van der Waals surface area contributed by atoms with Crippen molar-refractivity contribution in [3.05, 3.63) is 65.5 Å². The molecule has 142 valence electrons. The lowest BCUT2D eigenvalue weighted by molar-refractivity contribution is 0.397. The van der Waals surface area contributed by atoms with E-state index in [4.69, 9.17) is 9.47 Å². The molecule has 28 heavy (non-hydrogen) atoms. The lowest BCUT2D eigenvalue weighted by atomic mass is 10.2. The number of aromatic nitrogens is 3. The molecular formula is C20H20N6O2. The molecule has 0 atom stereocenters. The van der Waals surface area contributed by atoms with Crippen molar-refractivity contribution in [2.24, 2.45) is 0 Å². The highest BCUT2D eigenvalue weighted by molar-refractivity contribution is 5.57. The van der Waals surface area contributed by atoms with Gasteiger partial charge in [0.1, 0.15) is 17.7 Å². The van der Waals surface area contributed by atoms with Gasteiger partial charge in [-0.1, -0.05) is 0 Å². The zero-order valence-electron chi connectivity index (χ0n) is 15.6. The van der Waals surface area contributed by atoms with Gasteiger partial charge in [-0.15, -0.1) is 0 Å². The minimum atomic E-state index is 0.470. The summed E-state index contributed by atoms with van der Waals surface area (Å²) in [5, 5.41) is 15.8. The third kappa shape index (κ3) is 4.86. The van der Waals surface area contributed by atoms with Crippen LogP contribution in [-0.4, -0.2) is 29.2 Å². The molecule has 8 nitrogen and oxygen atoms in total. The van der Waals surface area contributed by atoms with Crippen molar-refractivity contribution < 1.29 is 9.47 Å². The molecule has 0 unspecified atom stereocenters. The first-order chi connectivity index (χ1) is 13.7. The van der Waals surface area contributed by atoms with Gasteiger partial charge in [0.2, 0.25) is 11.8 Å². The Hall–Kier alpha value is -3.86. The van der Waals surface area contributed by atoms with Crippen LogP contribution in [0.25, 0.3) is 0 Å². The second-order valence-electron chi connectivity index (χ2n) is 5.82. The number of nitrogens with zero attached hydrogens (tertiary/aromatic N) is 4. The van der Waals surface area contributed by atoms with E-state index >= 15 is 0 Å². The summed E-state index contributed by atoms with van der Waals surface area (Å²) in [6.07, 6.45) is 3.37. The molecule has 3 aromatic rings. The Morgan fingerprint density at radius 1 is 0.893 bits per heavy atom. The molecule has 0 aliphatic heterocycles. The summed E-state index contributed by atoms with van der Waals surface area (Å²) in [4.78, 5) is 12.7. The van der Waals surface area contributed by atoms with E-state index in [1.807, 2.05) is 24.3 Å². The normalized spacial score (nSPS) is 10.0. The van der Waals surface area contributed by atoms with Crippen molar-refractivity contribution in [3.63, 3.8) is 0 Å². The van der Waals surface area contributed by atoms with Crippen LogP contribution in [0.2, 0.25) is 0 Å². The van der Waals surface area contributed by atoms with Gasteiger partial charge in [0.15, 0.2) is 0 Å². The van der Waals surface area contributed by atoms with Gasteiger partial charge in [-0.2, -0.15) is 5.26 Å². The van der Waals surface area contributed by atoms with Crippen molar-refractivity contribution >= 4 is 11.6 Å². The second kappa shape index (κ2) is 9.19. The van der Waals surface area contributed by atoms with Crippen LogP contribution >= 0.6 is 0 Å². The molecule has 8 heteroatoms. The second-order valence-corrected chi connectivity index (χ2v) is 5.82. The Morgan fingerprint density at radius 3 is 2.07 bits per heavy atom. The zero-order chi connectivity index (χ0) is 19.8. The first kappa shape index (κ1) is 18.9. The number of nitriles is 1. The maximum Gasteiger partial charge on any atom is 0.213 e. The maximum absolute atomic E-state index is 9.35. The summed E-state index contributed by atoms with van der Waals surface area (Å²) >= 11 is 0. The van der Waals surface area contributed by atoms with Gasteiger partial charge in [0.25, 0.3) is 0 Å². The van der Waals surface area contributed by atoms with Crippen molar-refractivity contribution in [2.45, 2.75) is 13.1 Å². The van der Waals surface area contributed by atoms with Crippen molar-refractivity contribution in [1.82, 2.24) is 15.0 Å². The van der Waals surface area contributed by atoms with Gasteiger partial charge in [0.05, 0.1) is 19.8 Å². The summed E-state index contributed by atoms with van der Waals surface area (Å²) in [6, 6.07) is 13.1. The minimum Gasteiger partial charge on any atom is -0.481 e. The maximum atomic E-state index is 9.35. The van der Waals surface area contributed by atoms with Gasteiger partial charge in [-0.05, 0) is 35.4 Å². The molecule has 2 N–H and O–H groups in total. The van der Waals surface area contributed by atoms with Crippen molar-refractivity contribution in [1.29, 1.82) is 5.26 Å². The highest BCUT2D eigenvalue weighted by Gasteiger charge is 2.07. The SMILES string of the molecule is COc1cc(CNc2ccc(C#N)c(NCc3ccnc(OC)c3)n2)ccn1. The highest BCUT2D eigenvalue weighted by Crippen LogP contribution is 2.18. The fraction of sp³-hybridized carbons (Fsp3) is 0.200. The molecule has 3 aromatic heterocycles. The fourth-order valence-corrected chi connectivity index (χ4v) is 2.51. The number of nitrogens with one attached hydrogen (secondary N) is 2. The first-order valence-corrected chi connectivity index (χ1v) is 8.58. The zero-order valence-corrected chi connectivity index (χ0v) is 15.6. The molecule has 0 aliphatic rings. The van der Waals surface area contributed by atoms with Crippen LogP contribution in [0, 0.1) is 11.3 Å². The van der Waals surface area contributed by atoms with Crippen LogP contribution < -0.4 is 20.1 Å². The van der Waals surface area contributed by atoms with E-state index in [-0.39, 0.29) is 0 Å². The third-order valence-electron chi connectivity index (χ3n) is 3.97. The number of anilines is 2. The van der Waals surface area contributed by atoms with Gasteiger partial charge >= 0.3 is 0 Å². The molecule has 0 bridgehead atoms. The average Bonchev–Trinajstić information content (AvgIpc) is 2.76. The van der Waals surface area contributed by atoms with E-state index in [0.29, 0.717) is 42.0 Å². The van der Waals surface area contributed by atoms with Crippen molar-refractivity contribution in [3.8, 4) is 17.8 Å². The van der Waals surface area contributed by atoms with Gasteiger partial charge < -0.3 is 20.1 Å². The first-order valence-electron chi connectivity index (χ1n) is 8.58. The molecule has 0 saturated carbocycles. The summed E-state index contributed by atoms with van der Waals surface area (Å²) < 4.78 is 10.3. The fourth-order valence-electron chi connectivity index (χ4n) is 2.51. The molecule has 0 radical (unpaired) electrons. The molecule has 3 rings (SSSR count). The number of pyridine rings is 3. The Kier molecular flexibility index (Phi) is 6.21. The highest BCUT2D eigenvalue weighted by atomic mass is 16.5. The molecule has 0 spiro atoms. The molecule has 0 saturated heterocycles. The predicted molar refractivity (Wildman–Crippen MR) is 105 cm³/mol. The van der Waals surface area contributed by atoms with E-state index in [9.17, 15) is 5.26 Å². The third-order valence-corrected chi connectivity index (χ3v) is 3.97. The number of methoxy groups -OCH3 is 2. The Balaban J connectivity index is 1.69. The van der Waals surface area contributed by atoms with E-state index in [2.05, 4.69) is 31.7 Å². The van der Waals surface area contributed by atoms with Gasteiger partial charge in [0, 0.05) is 37.6 Å². The topological polar surface area (TPSA) is 105 Å². The molecule has 0 amide bonds. The van der Waals surface area contributed by atoms with Crippen LogP contribution in [-0.2, 0) is 13.1 Å². The van der Waals surface area contributed by atoms with E-state index in [1.54, 1.807) is 38.7 Å². The Bertz CT molecular complexity index is 986. The molecular weight excluding hydrogens is 356 g/mol. The average molecular weight is 376 g/mol. The molecule has 0 fully saturated rings. The monoisotopic (exact) mass is 376 g/mol. The predicted octanol–water partition coefficient (Wildman–Crippen LogP) is 2.98. The summed E-state index contributed by atoms with van der Waals surface area (Å²) in [5.41, 5.74) is 2.45. The molecule has 0 aliphatic carbocycles. The van der Waals surface area contributed by atoms with Crippen LogP contribution in [0.1, 0.15) is 16.7 Å². The molecule has 0 aromatic carbocycles. The van der Waals surface area contributed by atoms with Crippen LogP contribution in [0.4, 0.5) is 11.6 Å². The molecule has 3 heterocycles. The van der Waals surface area contributed by atoms with E-state index in [1.165, 1.54) is 0 Å². The van der Waals surface area contributed by atoms with E-state index < -0.39 is 0 Å². The summed E-state index contributed by atoms with van der Waals surface area (Å²) in [6.45, 7) is 1.05. The van der Waals surface area contributed by atoms with Gasteiger partial charge in [-0.3, -0.25) is 0 Å². The number of hydrogen-bond acceptors (Lipinski definition) is 8. The van der Waals surface area contributed by atoms with Crippen LogP contribution in [0.5, 0.6) is 11.8 Å². The number of ether oxygens (including phenoxy) is 2. The lowest BCUT2D eigenvalue weighted by Crippen LogP contribution is -2.07. The standard InChI is InChI=1S/C20H20N6O2/c1-27-18-9-14(5-7-22-18)12-24-17-4-3-16(11-21)20(26-17)25-13-15-6-8-23-19(10-15)28-2/h3-10H,12-13H2,1-2H3,(H2,24,25,26). The smallest absolute Gasteiger partial charge is 0.213 e. The summed E-state index contributed by atoms with van der Waals surface area (Å²) in [5.74, 6) is 2.26. The van der Waals surface area contributed by atoms with Crippen LogP contribution in [0.3, 0.4) is 0 Å². The van der Waals surface area contributed by atoms with E-state index in [0.717, 1.165) is 11.1 Å². The largest absolute Gasteiger partial charge is 0.481 e. The van der Waals surface area contributed by atoms with Crippen molar-refractivity contribution in [2.75, 3.05) is 24.9 Å². The summed E-state index contributed by atoms with van der Waals surface area (Å²) in [7, 11) is 3.15.